The number of aromatic nitrogens is 3. The van der Waals surface area contributed by atoms with Gasteiger partial charge in [0, 0.05) is 35.1 Å². The minimum absolute atomic E-state index is 0.0561. The summed E-state index contributed by atoms with van der Waals surface area (Å²) in [5.74, 6) is 0.343. The van der Waals surface area contributed by atoms with Crippen LogP contribution in [-0.4, -0.2) is 77.1 Å². The molecule has 2 amide bonds. The minimum Gasteiger partial charge on any atom is -0.497 e. The number of rotatable bonds is 8. The Bertz CT molecular complexity index is 2250. The summed E-state index contributed by atoms with van der Waals surface area (Å²) in [5.41, 5.74) is 7.84. The largest absolute Gasteiger partial charge is 0.497 e. The molecule has 8 rings (SSSR count). The second-order valence-electron chi connectivity index (χ2n) is 16.0. The van der Waals surface area contributed by atoms with Crippen molar-refractivity contribution in [1.29, 1.82) is 0 Å². The predicted molar refractivity (Wildman–Crippen MR) is 210 cm³/mol. The van der Waals surface area contributed by atoms with Gasteiger partial charge in [-0.3, -0.25) is 14.3 Å². The molecule has 1 N–H and O–H groups in total. The quantitative estimate of drug-likeness (QED) is 0.197. The zero-order valence-electron chi connectivity index (χ0n) is 31.9. The van der Waals surface area contributed by atoms with Crippen LogP contribution in [0.15, 0.2) is 42.6 Å². The smallest absolute Gasteiger partial charge is 0.264 e. The Morgan fingerprint density at radius 2 is 1.69 bits per heavy atom. The monoisotopic (exact) mass is 753 g/mol. The number of morpholine rings is 1. The molecule has 0 radical (unpaired) electrons. The highest BCUT2D eigenvalue weighted by Gasteiger charge is 2.36. The molecule has 2 aliphatic carbocycles. The number of nitrogens with zero attached hydrogens (tertiary/aromatic N) is 4. The van der Waals surface area contributed by atoms with E-state index in [4.69, 9.17) is 14.6 Å². The van der Waals surface area contributed by atoms with E-state index in [1.54, 1.807) is 33.2 Å². The molecule has 4 heterocycles. The molecule has 4 aliphatic rings. The van der Waals surface area contributed by atoms with Crippen molar-refractivity contribution in [2.75, 3.05) is 20.2 Å². The molecule has 286 valence electrons. The lowest BCUT2D eigenvalue weighted by atomic mass is 9.81. The Hall–Kier alpha value is -4.42. The number of nitrogens with one attached hydrogen (secondary N) is 1. The van der Waals surface area contributed by atoms with E-state index in [0.29, 0.717) is 31.1 Å². The average Bonchev–Trinajstić information content (AvgIpc) is 3.63. The van der Waals surface area contributed by atoms with Gasteiger partial charge < -0.3 is 18.9 Å². The second kappa shape index (κ2) is 14.3. The van der Waals surface area contributed by atoms with Crippen LogP contribution in [0.1, 0.15) is 129 Å². The molecule has 0 spiro atoms. The van der Waals surface area contributed by atoms with Crippen LogP contribution in [0.4, 0.5) is 0 Å². The number of fused-ring (bicyclic) bond motifs is 5. The summed E-state index contributed by atoms with van der Waals surface area (Å²) >= 11 is 0. The van der Waals surface area contributed by atoms with Crippen LogP contribution in [0.3, 0.4) is 0 Å². The molecule has 1 saturated heterocycles. The third-order valence-electron chi connectivity index (χ3n) is 11.9. The van der Waals surface area contributed by atoms with Crippen LogP contribution < -0.4 is 9.46 Å². The van der Waals surface area contributed by atoms with E-state index in [0.717, 1.165) is 89.7 Å². The van der Waals surface area contributed by atoms with Gasteiger partial charge in [-0.2, -0.15) is 5.10 Å². The lowest BCUT2D eigenvalue weighted by Crippen LogP contribution is -2.48. The fourth-order valence-electron chi connectivity index (χ4n) is 8.89. The average molecular weight is 754 g/mol. The first-order valence-corrected chi connectivity index (χ1v) is 21.1. The molecule has 12 heteroatoms. The number of hydrogen-bond acceptors (Lipinski definition) is 7. The number of allylic oxidation sites excluding steroid dienone is 1. The van der Waals surface area contributed by atoms with E-state index in [9.17, 15) is 18.0 Å². The SMILES string of the molecule is COc1ccc2c(c1)C=C(c1c(C(=O)N3C[C@@H](C)O[C@@H](C)C3)cnn1C1CCC1)Cn1c-2c(C2CCCCC2)c2ccc(C(=O)NS(=O)(=O)C(C)C)cc21. The third kappa shape index (κ3) is 6.55. The molecule has 2 aromatic heterocycles. The predicted octanol–water partition coefficient (Wildman–Crippen LogP) is 7.56. The van der Waals surface area contributed by atoms with Crippen molar-refractivity contribution in [3.05, 3.63) is 70.5 Å². The first-order chi connectivity index (χ1) is 25.9. The van der Waals surface area contributed by atoms with E-state index in [-0.39, 0.29) is 29.7 Å². The molecule has 4 aromatic rings. The second-order valence-corrected chi connectivity index (χ2v) is 18.2. The summed E-state index contributed by atoms with van der Waals surface area (Å²) in [7, 11) is -2.17. The zero-order chi connectivity index (χ0) is 37.9. The van der Waals surface area contributed by atoms with Crippen molar-refractivity contribution in [3.63, 3.8) is 0 Å². The van der Waals surface area contributed by atoms with Crippen LogP contribution in [0.2, 0.25) is 0 Å². The van der Waals surface area contributed by atoms with E-state index in [1.807, 2.05) is 36.9 Å². The Kier molecular flexibility index (Phi) is 9.71. The molecular formula is C42H51N5O6S. The fraction of sp³-hybridized carbons (Fsp3) is 0.500. The van der Waals surface area contributed by atoms with Crippen molar-refractivity contribution in [1.82, 2.24) is 24.0 Å². The number of carbonyl (C=O) groups is 2. The van der Waals surface area contributed by atoms with Crippen LogP contribution in [0, 0.1) is 0 Å². The Labute approximate surface area is 317 Å². The number of ether oxygens (including phenoxy) is 2. The summed E-state index contributed by atoms with van der Waals surface area (Å²) in [6.07, 6.45) is 12.5. The van der Waals surface area contributed by atoms with Gasteiger partial charge in [0.15, 0.2) is 0 Å². The molecule has 54 heavy (non-hydrogen) atoms. The van der Waals surface area contributed by atoms with Gasteiger partial charge >= 0.3 is 0 Å². The number of sulfonamides is 1. The van der Waals surface area contributed by atoms with Crippen molar-refractivity contribution in [2.45, 2.75) is 115 Å². The molecule has 2 aromatic carbocycles. The maximum atomic E-state index is 14.5. The number of hydrogen-bond donors (Lipinski definition) is 1. The zero-order valence-corrected chi connectivity index (χ0v) is 32.7. The Morgan fingerprint density at radius 1 is 0.944 bits per heavy atom. The Balaban J connectivity index is 1.35. The molecule has 2 aliphatic heterocycles. The molecule has 3 fully saturated rings. The fourth-order valence-corrected chi connectivity index (χ4v) is 9.51. The van der Waals surface area contributed by atoms with Gasteiger partial charge in [0.25, 0.3) is 11.8 Å². The van der Waals surface area contributed by atoms with Gasteiger partial charge in [0.1, 0.15) is 5.75 Å². The minimum atomic E-state index is -3.84. The maximum Gasteiger partial charge on any atom is 0.264 e. The van der Waals surface area contributed by atoms with Crippen LogP contribution in [-0.2, 0) is 21.3 Å². The number of amides is 2. The summed E-state index contributed by atoms with van der Waals surface area (Å²) in [5, 5.41) is 5.23. The maximum absolute atomic E-state index is 14.5. The molecule has 0 unspecified atom stereocenters. The lowest BCUT2D eigenvalue weighted by molar-refractivity contribution is -0.0586. The normalized spacial score (nSPS) is 20.9. The van der Waals surface area contributed by atoms with Crippen molar-refractivity contribution >= 4 is 44.4 Å². The first-order valence-electron chi connectivity index (χ1n) is 19.6. The van der Waals surface area contributed by atoms with Crippen molar-refractivity contribution in [2.24, 2.45) is 0 Å². The van der Waals surface area contributed by atoms with Gasteiger partial charge in [-0.05, 0) is 119 Å². The summed E-state index contributed by atoms with van der Waals surface area (Å²) < 4.78 is 44.0. The van der Waals surface area contributed by atoms with Gasteiger partial charge in [0.05, 0.1) is 60.3 Å². The van der Waals surface area contributed by atoms with E-state index in [1.165, 1.54) is 12.0 Å². The Morgan fingerprint density at radius 3 is 2.35 bits per heavy atom. The van der Waals surface area contributed by atoms with Gasteiger partial charge in [-0.25, -0.2) is 13.1 Å². The third-order valence-corrected chi connectivity index (χ3v) is 13.6. The van der Waals surface area contributed by atoms with Gasteiger partial charge in [0.2, 0.25) is 10.0 Å². The standard InChI is InChI=1S/C42H51N5O6S/c1-25(2)54(50,51)44-41(48)29-14-16-35-37(20-29)46-24-31(18-30-19-33(52-5)15-17-34(30)40(46)38(35)28-10-7-6-8-11-28)39-36(21-43-47(39)32-12-9-13-32)42(49)45-22-26(3)53-27(4)23-45/h14-21,25-28,32H,6-13,22-24H2,1-5H3,(H,44,48)/t26-,27+. The summed E-state index contributed by atoms with van der Waals surface area (Å²) in [4.78, 5) is 30.0. The number of methoxy groups -OCH3 is 1. The highest BCUT2D eigenvalue weighted by atomic mass is 32.2. The molecular weight excluding hydrogens is 703 g/mol. The first kappa shape index (κ1) is 36.6. The van der Waals surface area contributed by atoms with Crippen LogP contribution >= 0.6 is 0 Å². The number of benzene rings is 2. The van der Waals surface area contributed by atoms with Gasteiger partial charge in [-0.1, -0.05) is 25.3 Å². The van der Waals surface area contributed by atoms with Crippen molar-refractivity contribution < 1.29 is 27.5 Å². The van der Waals surface area contributed by atoms with Crippen LogP contribution in [0.5, 0.6) is 5.75 Å². The molecule has 0 bridgehead atoms. The molecule has 2 atom stereocenters. The molecule has 11 nitrogen and oxygen atoms in total. The topological polar surface area (TPSA) is 125 Å². The van der Waals surface area contributed by atoms with E-state index >= 15 is 0 Å². The lowest BCUT2D eigenvalue weighted by Gasteiger charge is -2.35. The summed E-state index contributed by atoms with van der Waals surface area (Å²) in [6, 6.07) is 12.0. The van der Waals surface area contributed by atoms with E-state index < -0.39 is 21.2 Å². The van der Waals surface area contributed by atoms with Crippen LogP contribution in [0.25, 0.3) is 33.8 Å². The molecule has 2 saturated carbocycles. The number of carbonyl (C=O) groups excluding carboxylic acids is 2. The van der Waals surface area contributed by atoms with E-state index in [2.05, 4.69) is 32.2 Å². The summed E-state index contributed by atoms with van der Waals surface area (Å²) in [6.45, 7) is 8.53. The highest BCUT2D eigenvalue weighted by Crippen LogP contribution is 2.48. The van der Waals surface area contributed by atoms with Gasteiger partial charge in [-0.15, -0.1) is 0 Å². The highest BCUT2D eigenvalue weighted by molar-refractivity contribution is 7.90. The van der Waals surface area contributed by atoms with Crippen molar-refractivity contribution in [3.8, 4) is 17.0 Å².